The van der Waals surface area contributed by atoms with Gasteiger partial charge in [-0.25, -0.2) is 4.98 Å². The molecule has 1 heterocycles. The summed E-state index contributed by atoms with van der Waals surface area (Å²) in [6.07, 6.45) is 0.380. The van der Waals surface area contributed by atoms with Crippen molar-refractivity contribution in [2.75, 3.05) is 0 Å². The molecule has 0 fully saturated rings. The molecule has 0 spiro atoms. The van der Waals surface area contributed by atoms with Gasteiger partial charge in [0, 0.05) is 16.8 Å². The van der Waals surface area contributed by atoms with Crippen molar-refractivity contribution in [3.05, 3.63) is 16.1 Å². The molecule has 0 saturated carbocycles. The summed E-state index contributed by atoms with van der Waals surface area (Å²) in [4.78, 5) is 16.0. The van der Waals surface area contributed by atoms with Crippen LogP contribution in [0, 0.1) is 0 Å². The van der Waals surface area contributed by atoms with Crippen LogP contribution in [-0.2, 0) is 16.6 Å². The predicted octanol–water partition coefficient (Wildman–Crippen LogP) is 2.51. The highest BCUT2D eigenvalue weighted by Crippen LogP contribution is 2.25. The Morgan fingerprint density at radius 2 is 2.12 bits per heavy atom. The zero-order chi connectivity index (χ0) is 12.3. The van der Waals surface area contributed by atoms with Crippen LogP contribution in [0.2, 0.25) is 0 Å². The van der Waals surface area contributed by atoms with Crippen LogP contribution in [0.25, 0.3) is 0 Å². The lowest BCUT2D eigenvalue weighted by molar-refractivity contribution is -0.120. The molecule has 90 valence electrons. The molecular weight excluding hydrogens is 220 g/mol. The fraction of sp³-hybridized carbons (Fsp3) is 0.667. The number of rotatable bonds is 3. The van der Waals surface area contributed by atoms with Crippen molar-refractivity contribution >= 4 is 17.2 Å². The topological polar surface area (TPSA) is 42.0 Å². The Hall–Kier alpha value is -0.900. The van der Waals surface area contributed by atoms with E-state index in [0.29, 0.717) is 6.42 Å². The Balaban J connectivity index is 2.62. The maximum absolute atomic E-state index is 11.5. The molecule has 0 radical (unpaired) electrons. The maximum Gasteiger partial charge on any atom is 0.226 e. The van der Waals surface area contributed by atoms with E-state index in [4.69, 9.17) is 0 Å². The molecule has 1 N–H and O–H groups in total. The van der Waals surface area contributed by atoms with Crippen molar-refractivity contribution < 1.29 is 4.79 Å². The van der Waals surface area contributed by atoms with E-state index in [1.807, 2.05) is 19.2 Å². The molecule has 3 nitrogen and oxygen atoms in total. The number of thiazole rings is 1. The Bertz CT molecular complexity index is 363. The van der Waals surface area contributed by atoms with Gasteiger partial charge in [0.05, 0.1) is 17.1 Å². The van der Waals surface area contributed by atoms with E-state index >= 15 is 0 Å². The van der Waals surface area contributed by atoms with E-state index < -0.39 is 0 Å². The molecule has 0 atom stereocenters. The summed E-state index contributed by atoms with van der Waals surface area (Å²) in [5.74, 6) is 0.0424. The number of carbonyl (C=O) groups is 1. The first-order valence-corrected chi connectivity index (χ1v) is 6.41. The first kappa shape index (κ1) is 13.2. The normalized spacial score (nSPS) is 11.9. The van der Waals surface area contributed by atoms with Crippen LogP contribution in [0.5, 0.6) is 0 Å². The van der Waals surface area contributed by atoms with Crippen molar-refractivity contribution in [3.63, 3.8) is 0 Å². The minimum absolute atomic E-state index is 0.0424. The Morgan fingerprint density at radius 3 is 2.56 bits per heavy atom. The highest BCUT2D eigenvalue weighted by molar-refractivity contribution is 7.09. The van der Waals surface area contributed by atoms with Crippen LogP contribution in [-0.4, -0.2) is 16.9 Å². The third kappa shape index (κ3) is 3.93. The zero-order valence-corrected chi connectivity index (χ0v) is 11.4. The summed E-state index contributed by atoms with van der Waals surface area (Å²) in [5, 5.41) is 5.92. The molecule has 1 aromatic heterocycles. The highest BCUT2D eigenvalue weighted by atomic mass is 32.1. The second-order valence-electron chi connectivity index (χ2n) is 5.29. The molecule has 16 heavy (non-hydrogen) atoms. The SMILES string of the molecule is CC(C)NC(=O)Cc1csc(C(C)(C)C)n1. The van der Waals surface area contributed by atoms with E-state index in [-0.39, 0.29) is 17.4 Å². The maximum atomic E-state index is 11.5. The van der Waals surface area contributed by atoms with Crippen molar-refractivity contribution in [1.29, 1.82) is 0 Å². The first-order valence-electron chi connectivity index (χ1n) is 5.53. The van der Waals surface area contributed by atoms with Gasteiger partial charge in [0.1, 0.15) is 0 Å². The summed E-state index contributed by atoms with van der Waals surface area (Å²) in [5.41, 5.74) is 0.935. The van der Waals surface area contributed by atoms with Gasteiger partial charge < -0.3 is 5.32 Å². The standard InChI is InChI=1S/C12H20N2OS/c1-8(2)13-10(15)6-9-7-16-11(14-9)12(3,4)5/h7-8H,6H2,1-5H3,(H,13,15). The molecule has 0 aliphatic heterocycles. The third-order valence-corrected chi connectivity index (χ3v) is 3.30. The molecule has 1 rings (SSSR count). The first-order chi connectivity index (χ1) is 7.29. The van der Waals surface area contributed by atoms with Crippen LogP contribution in [0.4, 0.5) is 0 Å². The Kier molecular flexibility index (Phi) is 4.08. The summed E-state index contributed by atoms with van der Waals surface area (Å²) in [7, 11) is 0. The summed E-state index contributed by atoms with van der Waals surface area (Å²) in [6, 6.07) is 0.188. The number of carbonyl (C=O) groups excluding carboxylic acids is 1. The van der Waals surface area contributed by atoms with Crippen molar-refractivity contribution in [1.82, 2.24) is 10.3 Å². The molecule has 0 unspecified atom stereocenters. The quantitative estimate of drug-likeness (QED) is 0.882. The van der Waals surface area contributed by atoms with Crippen molar-refractivity contribution in [2.24, 2.45) is 0 Å². The van der Waals surface area contributed by atoms with E-state index in [2.05, 4.69) is 31.1 Å². The number of amides is 1. The van der Waals surface area contributed by atoms with Gasteiger partial charge in [-0.1, -0.05) is 20.8 Å². The van der Waals surface area contributed by atoms with Crippen LogP contribution >= 0.6 is 11.3 Å². The van der Waals surface area contributed by atoms with Crippen LogP contribution in [0.15, 0.2) is 5.38 Å². The van der Waals surface area contributed by atoms with E-state index in [0.717, 1.165) is 10.7 Å². The lowest BCUT2D eigenvalue weighted by atomic mass is 9.98. The molecule has 0 saturated heterocycles. The van der Waals surface area contributed by atoms with Crippen molar-refractivity contribution in [3.8, 4) is 0 Å². The van der Waals surface area contributed by atoms with E-state index in [9.17, 15) is 4.79 Å². The highest BCUT2D eigenvalue weighted by Gasteiger charge is 2.18. The number of aromatic nitrogens is 1. The molecule has 1 amide bonds. The van der Waals surface area contributed by atoms with Gasteiger partial charge in [0.25, 0.3) is 0 Å². The lowest BCUT2D eigenvalue weighted by Crippen LogP contribution is -2.31. The number of hydrogen-bond donors (Lipinski definition) is 1. The molecule has 0 aromatic carbocycles. The fourth-order valence-corrected chi connectivity index (χ4v) is 2.18. The van der Waals surface area contributed by atoms with Crippen LogP contribution in [0.3, 0.4) is 0 Å². The fourth-order valence-electron chi connectivity index (χ4n) is 1.27. The summed E-state index contributed by atoms with van der Waals surface area (Å²) in [6.45, 7) is 10.3. The average Bonchev–Trinajstić information content (AvgIpc) is 2.49. The largest absolute Gasteiger partial charge is 0.354 e. The van der Waals surface area contributed by atoms with Gasteiger partial charge >= 0.3 is 0 Å². The van der Waals surface area contributed by atoms with E-state index in [1.165, 1.54) is 0 Å². The monoisotopic (exact) mass is 240 g/mol. The molecule has 0 aliphatic carbocycles. The van der Waals surface area contributed by atoms with Gasteiger partial charge in [0.2, 0.25) is 5.91 Å². The zero-order valence-electron chi connectivity index (χ0n) is 10.6. The van der Waals surface area contributed by atoms with Gasteiger partial charge in [-0.05, 0) is 13.8 Å². The second kappa shape index (κ2) is 4.95. The molecule has 1 aromatic rings. The van der Waals surface area contributed by atoms with Gasteiger partial charge in [-0.15, -0.1) is 11.3 Å². The van der Waals surface area contributed by atoms with Crippen molar-refractivity contribution in [2.45, 2.75) is 52.5 Å². The summed E-state index contributed by atoms with van der Waals surface area (Å²) < 4.78 is 0. The van der Waals surface area contributed by atoms with Crippen LogP contribution < -0.4 is 5.32 Å². The number of nitrogens with zero attached hydrogens (tertiary/aromatic N) is 1. The number of hydrogen-bond acceptors (Lipinski definition) is 3. The minimum Gasteiger partial charge on any atom is -0.354 e. The Morgan fingerprint density at radius 1 is 1.50 bits per heavy atom. The smallest absolute Gasteiger partial charge is 0.226 e. The van der Waals surface area contributed by atoms with Gasteiger partial charge in [-0.3, -0.25) is 4.79 Å². The average molecular weight is 240 g/mol. The molecular formula is C12H20N2OS. The molecule has 0 bridgehead atoms. The predicted molar refractivity (Wildman–Crippen MR) is 67.8 cm³/mol. The Labute approximate surface area is 101 Å². The second-order valence-corrected chi connectivity index (χ2v) is 6.15. The van der Waals surface area contributed by atoms with E-state index in [1.54, 1.807) is 11.3 Å². The van der Waals surface area contributed by atoms with Gasteiger partial charge in [0.15, 0.2) is 0 Å². The number of nitrogens with one attached hydrogen (secondary N) is 1. The minimum atomic E-state index is 0.0424. The molecule has 0 aliphatic rings. The lowest BCUT2D eigenvalue weighted by Gasteiger charge is -2.13. The van der Waals surface area contributed by atoms with Crippen LogP contribution in [0.1, 0.15) is 45.3 Å². The molecule has 4 heteroatoms. The van der Waals surface area contributed by atoms with Gasteiger partial charge in [-0.2, -0.15) is 0 Å². The summed E-state index contributed by atoms with van der Waals surface area (Å²) >= 11 is 1.63. The third-order valence-electron chi connectivity index (χ3n) is 1.98.